The summed E-state index contributed by atoms with van der Waals surface area (Å²) in [6.07, 6.45) is 4.23. The minimum Gasteiger partial charge on any atom is -0.383 e. The van der Waals surface area contributed by atoms with Gasteiger partial charge in [0.2, 0.25) is 0 Å². The summed E-state index contributed by atoms with van der Waals surface area (Å²) < 4.78 is 2.53. The Morgan fingerprint density at radius 2 is 1.80 bits per heavy atom. The van der Waals surface area contributed by atoms with Crippen molar-refractivity contribution in [1.82, 2.24) is 14.6 Å². The molecule has 0 amide bonds. The minimum absolute atomic E-state index is 0.594. The molecule has 5 nitrogen and oxygen atoms in total. The number of nitrogen functional groups attached to an aromatic ring is 1. The van der Waals surface area contributed by atoms with Crippen molar-refractivity contribution in [3.8, 4) is 0 Å². The van der Waals surface area contributed by atoms with Crippen LogP contribution in [0.2, 0.25) is 0 Å². The standard InChI is InChI=1S/C16H16BrN5S.C2H6/c17-13-14(18)22-15(20-16(13)21-8-4-5-9-21)12(10-19-22)23-11-6-2-1-3-7-11;1-2/h1-3,6-7,10H,4-5,8-9,18H2;1-2H3. The van der Waals surface area contributed by atoms with Crippen molar-refractivity contribution in [2.45, 2.75) is 36.5 Å². The van der Waals surface area contributed by atoms with Crippen LogP contribution in [0.5, 0.6) is 0 Å². The van der Waals surface area contributed by atoms with E-state index >= 15 is 0 Å². The average molecular weight is 420 g/mol. The van der Waals surface area contributed by atoms with Gasteiger partial charge in [0.15, 0.2) is 5.65 Å². The average Bonchev–Trinajstić information content (AvgIpc) is 3.31. The molecule has 1 saturated heterocycles. The topological polar surface area (TPSA) is 59.5 Å². The van der Waals surface area contributed by atoms with Crippen molar-refractivity contribution in [2.24, 2.45) is 0 Å². The Labute approximate surface area is 160 Å². The molecule has 3 aromatic rings. The fourth-order valence-electron chi connectivity index (χ4n) is 2.79. The van der Waals surface area contributed by atoms with E-state index in [1.807, 2.05) is 38.2 Å². The molecule has 0 atom stereocenters. The first kappa shape index (κ1) is 18.1. The molecule has 7 heteroatoms. The van der Waals surface area contributed by atoms with Gasteiger partial charge in [-0.3, -0.25) is 0 Å². The van der Waals surface area contributed by atoms with Crippen LogP contribution in [0, 0.1) is 0 Å². The predicted molar refractivity (Wildman–Crippen MR) is 108 cm³/mol. The van der Waals surface area contributed by atoms with Crippen molar-refractivity contribution >= 4 is 45.0 Å². The predicted octanol–water partition coefficient (Wildman–Crippen LogP) is 4.85. The zero-order chi connectivity index (χ0) is 17.8. The number of halogens is 1. The Balaban J connectivity index is 0.000000880. The van der Waals surface area contributed by atoms with E-state index in [2.05, 4.69) is 38.1 Å². The van der Waals surface area contributed by atoms with Crippen molar-refractivity contribution in [1.29, 1.82) is 0 Å². The van der Waals surface area contributed by atoms with Crippen LogP contribution in [-0.4, -0.2) is 27.7 Å². The third kappa shape index (κ3) is 3.62. The van der Waals surface area contributed by atoms with E-state index in [-0.39, 0.29) is 0 Å². The van der Waals surface area contributed by atoms with Gasteiger partial charge < -0.3 is 10.6 Å². The van der Waals surface area contributed by atoms with E-state index < -0.39 is 0 Å². The van der Waals surface area contributed by atoms with Gasteiger partial charge in [0.05, 0.1) is 11.1 Å². The van der Waals surface area contributed by atoms with E-state index in [1.54, 1.807) is 16.3 Å². The molecule has 0 spiro atoms. The zero-order valence-corrected chi connectivity index (χ0v) is 16.8. The van der Waals surface area contributed by atoms with Crippen LogP contribution in [0.15, 0.2) is 50.8 Å². The van der Waals surface area contributed by atoms with Crippen LogP contribution >= 0.6 is 27.7 Å². The number of benzene rings is 1. The van der Waals surface area contributed by atoms with Gasteiger partial charge in [-0.2, -0.15) is 9.61 Å². The number of fused-ring (bicyclic) bond motifs is 1. The summed E-state index contributed by atoms with van der Waals surface area (Å²) in [6, 6.07) is 10.2. The number of anilines is 2. The van der Waals surface area contributed by atoms with E-state index in [9.17, 15) is 0 Å². The molecule has 25 heavy (non-hydrogen) atoms. The maximum atomic E-state index is 6.27. The van der Waals surface area contributed by atoms with E-state index in [0.717, 1.165) is 38.8 Å². The second-order valence-corrected chi connectivity index (χ2v) is 7.40. The summed E-state index contributed by atoms with van der Waals surface area (Å²) in [5.74, 6) is 1.51. The number of aromatic nitrogens is 3. The molecule has 0 saturated carbocycles. The molecule has 1 aliphatic heterocycles. The summed E-state index contributed by atoms with van der Waals surface area (Å²) in [4.78, 5) is 9.31. The molecule has 0 radical (unpaired) electrons. The summed E-state index contributed by atoms with van der Waals surface area (Å²) in [5.41, 5.74) is 7.08. The van der Waals surface area contributed by atoms with Crippen molar-refractivity contribution in [3.63, 3.8) is 0 Å². The highest BCUT2D eigenvalue weighted by molar-refractivity contribution is 9.10. The van der Waals surface area contributed by atoms with Crippen LogP contribution in [0.25, 0.3) is 5.65 Å². The highest BCUT2D eigenvalue weighted by atomic mass is 79.9. The first-order valence-corrected chi connectivity index (χ1v) is 10.2. The van der Waals surface area contributed by atoms with Crippen LogP contribution in [-0.2, 0) is 0 Å². The summed E-state index contributed by atoms with van der Waals surface area (Å²) in [7, 11) is 0. The number of hydrogen-bond donors (Lipinski definition) is 1. The molecule has 2 aromatic heterocycles. The molecule has 1 aliphatic rings. The molecular weight excluding hydrogens is 398 g/mol. The lowest BCUT2D eigenvalue weighted by atomic mass is 10.4. The number of nitrogens with zero attached hydrogens (tertiary/aromatic N) is 4. The maximum absolute atomic E-state index is 6.27. The number of rotatable bonds is 3. The lowest BCUT2D eigenvalue weighted by Gasteiger charge is -2.19. The van der Waals surface area contributed by atoms with Gasteiger partial charge in [0.25, 0.3) is 0 Å². The smallest absolute Gasteiger partial charge is 0.173 e. The lowest BCUT2D eigenvalue weighted by Crippen LogP contribution is -2.21. The van der Waals surface area contributed by atoms with Gasteiger partial charge in [-0.15, -0.1) is 0 Å². The van der Waals surface area contributed by atoms with Gasteiger partial charge in [0.1, 0.15) is 16.1 Å². The van der Waals surface area contributed by atoms with Crippen LogP contribution < -0.4 is 10.6 Å². The fraction of sp³-hybridized carbons (Fsp3) is 0.333. The monoisotopic (exact) mass is 419 g/mol. The molecule has 3 heterocycles. The molecular formula is C18H22BrN5S. The van der Waals surface area contributed by atoms with Gasteiger partial charge in [-0.25, -0.2) is 4.98 Å². The molecule has 0 aliphatic carbocycles. The third-order valence-corrected chi connectivity index (χ3v) is 5.73. The van der Waals surface area contributed by atoms with Gasteiger partial charge >= 0.3 is 0 Å². The van der Waals surface area contributed by atoms with Crippen LogP contribution in [0.4, 0.5) is 11.6 Å². The largest absolute Gasteiger partial charge is 0.383 e. The van der Waals surface area contributed by atoms with Crippen LogP contribution in [0.3, 0.4) is 0 Å². The second kappa shape index (κ2) is 8.10. The van der Waals surface area contributed by atoms with E-state index in [4.69, 9.17) is 10.7 Å². The molecule has 2 N–H and O–H groups in total. The van der Waals surface area contributed by atoms with Gasteiger partial charge in [0, 0.05) is 18.0 Å². The SMILES string of the molecule is CC.Nc1c(Br)c(N2CCCC2)nc2c(Sc3ccccc3)cnn12. The summed E-state index contributed by atoms with van der Waals surface area (Å²) >= 11 is 5.24. The number of hydrogen-bond acceptors (Lipinski definition) is 5. The zero-order valence-electron chi connectivity index (χ0n) is 14.4. The maximum Gasteiger partial charge on any atom is 0.173 e. The normalized spacial score (nSPS) is 13.8. The quantitative estimate of drug-likeness (QED) is 0.656. The fourth-order valence-corrected chi connectivity index (χ4v) is 4.17. The summed E-state index contributed by atoms with van der Waals surface area (Å²) in [5, 5.41) is 4.40. The highest BCUT2D eigenvalue weighted by Crippen LogP contribution is 2.36. The van der Waals surface area contributed by atoms with Gasteiger partial charge in [-0.1, -0.05) is 43.8 Å². The Bertz CT molecular complexity index is 844. The Kier molecular flexibility index (Phi) is 5.86. The van der Waals surface area contributed by atoms with Gasteiger partial charge in [-0.05, 0) is 40.9 Å². The Morgan fingerprint density at radius 3 is 2.48 bits per heavy atom. The molecule has 1 aromatic carbocycles. The van der Waals surface area contributed by atoms with E-state index in [0.29, 0.717) is 5.82 Å². The van der Waals surface area contributed by atoms with E-state index in [1.165, 1.54) is 12.8 Å². The molecule has 1 fully saturated rings. The van der Waals surface area contributed by atoms with Crippen LogP contribution in [0.1, 0.15) is 26.7 Å². The van der Waals surface area contributed by atoms with Crippen molar-refractivity contribution < 1.29 is 0 Å². The van der Waals surface area contributed by atoms with Crippen molar-refractivity contribution in [3.05, 3.63) is 41.0 Å². The minimum atomic E-state index is 0.594. The molecule has 4 rings (SSSR count). The molecule has 0 bridgehead atoms. The highest BCUT2D eigenvalue weighted by Gasteiger charge is 2.21. The number of nitrogens with two attached hydrogens (primary N) is 1. The lowest BCUT2D eigenvalue weighted by molar-refractivity contribution is 0.898. The Morgan fingerprint density at radius 1 is 1.12 bits per heavy atom. The molecule has 132 valence electrons. The first-order valence-electron chi connectivity index (χ1n) is 8.54. The second-order valence-electron chi connectivity index (χ2n) is 5.49. The third-order valence-electron chi connectivity index (χ3n) is 3.95. The molecule has 0 unspecified atom stereocenters. The first-order chi connectivity index (χ1) is 12.2. The van der Waals surface area contributed by atoms with Crippen molar-refractivity contribution in [2.75, 3.05) is 23.7 Å². The Hall–Kier alpha value is -1.73. The summed E-state index contributed by atoms with van der Waals surface area (Å²) in [6.45, 7) is 6.05.